The van der Waals surface area contributed by atoms with E-state index in [-0.39, 0.29) is 33.3 Å². The lowest BCUT2D eigenvalue weighted by atomic mass is 9.99. The molecule has 12 rings (SSSR count). The lowest BCUT2D eigenvalue weighted by Crippen LogP contribution is -2.04. The molecular weight excluding hydrogens is 757 g/mol. The topological polar surface area (TPSA) is 56.7 Å². The van der Waals surface area contributed by atoms with Gasteiger partial charge in [-0.3, -0.25) is 0 Å². The third-order valence-electron chi connectivity index (χ3n) is 11.0. The van der Waals surface area contributed by atoms with Crippen molar-refractivity contribution in [3.8, 4) is 73.2 Å². The summed E-state index contributed by atoms with van der Waals surface area (Å²) < 4.78 is 116. The summed E-state index contributed by atoms with van der Waals surface area (Å²) in [5.74, 6) is 0.763. The summed E-state index contributed by atoms with van der Waals surface area (Å²) in [6.45, 7) is 0. The highest BCUT2D eigenvalue weighted by Gasteiger charge is 2.21. The average molecular weight is 805 g/mol. The third kappa shape index (κ3) is 6.14. The minimum Gasteiger partial charge on any atom is -0.456 e. The van der Waals surface area contributed by atoms with Crippen molar-refractivity contribution in [3.63, 3.8) is 0 Å². The lowest BCUT2D eigenvalue weighted by molar-refractivity contribution is 0.669. The van der Waals surface area contributed by atoms with Crippen molar-refractivity contribution >= 4 is 43.7 Å². The molecule has 12 aromatic rings. The molecule has 0 spiro atoms. The van der Waals surface area contributed by atoms with Crippen molar-refractivity contribution in [3.05, 3.63) is 218 Å². The summed E-state index contributed by atoms with van der Waals surface area (Å²) in [4.78, 5) is 15.4. The predicted molar refractivity (Wildman–Crippen MR) is 254 cm³/mol. The Morgan fingerprint density at radius 2 is 1.00 bits per heavy atom. The zero-order valence-electron chi connectivity index (χ0n) is 44.6. The van der Waals surface area contributed by atoms with E-state index in [0.29, 0.717) is 39.5 Å². The largest absolute Gasteiger partial charge is 0.456 e. The molecule has 3 aromatic heterocycles. The van der Waals surface area contributed by atoms with E-state index >= 15 is 0 Å². The van der Waals surface area contributed by atoms with Gasteiger partial charge in [0.15, 0.2) is 17.5 Å². The van der Waals surface area contributed by atoms with E-state index in [2.05, 4.69) is 0 Å². The molecule has 62 heavy (non-hydrogen) atoms. The molecule has 5 nitrogen and oxygen atoms in total. The molecule has 0 saturated heterocycles. The van der Waals surface area contributed by atoms with Crippen LogP contribution in [0.4, 0.5) is 0 Å². The van der Waals surface area contributed by atoms with Gasteiger partial charge in [0.05, 0.1) is 33.2 Å². The van der Waals surface area contributed by atoms with Crippen LogP contribution < -0.4 is 0 Å². The van der Waals surface area contributed by atoms with E-state index < -0.39 is 83.6 Å². The molecule has 0 saturated carbocycles. The molecule has 0 N–H and O–H groups in total. The van der Waals surface area contributed by atoms with Gasteiger partial charge in [-0.15, -0.1) is 0 Å². The van der Waals surface area contributed by atoms with Gasteiger partial charge in [-0.25, -0.2) is 15.0 Å². The van der Waals surface area contributed by atoms with Gasteiger partial charge in [0.25, 0.3) is 0 Å². The molecule has 5 heteroatoms. The fraction of sp³-hybridized carbons (Fsp3) is 0. The highest BCUT2D eigenvalue weighted by molar-refractivity contribution is 6.11. The molecule has 0 aliphatic heterocycles. The molecule has 0 atom stereocenters. The first kappa shape index (κ1) is 25.3. The maximum absolute atomic E-state index is 9.81. The van der Waals surface area contributed by atoms with Gasteiger partial charge in [-0.2, -0.15) is 0 Å². The normalized spacial score (nSPS) is 14.3. The first-order chi connectivity index (χ1) is 35.7. The van der Waals surface area contributed by atoms with Crippen LogP contribution >= 0.6 is 0 Å². The summed E-state index contributed by atoms with van der Waals surface area (Å²) >= 11 is 0. The molecule has 0 unspecified atom stereocenters. The fourth-order valence-electron chi connectivity index (χ4n) is 8.06. The van der Waals surface area contributed by atoms with Crippen LogP contribution in [0.2, 0.25) is 0 Å². The average Bonchev–Trinajstić information content (AvgIpc) is 4.01. The van der Waals surface area contributed by atoms with Crippen molar-refractivity contribution in [2.24, 2.45) is 0 Å². The molecule has 290 valence electrons. The lowest BCUT2D eigenvalue weighted by Gasteiger charge is -2.16. The molecular formula is C57H36N4O. The number of hydrogen-bond acceptors (Lipinski definition) is 4. The molecule has 3 heterocycles. The highest BCUT2D eigenvalue weighted by atomic mass is 16.3. The number of benzene rings is 9. The van der Waals surface area contributed by atoms with E-state index in [1.807, 2.05) is 140 Å². The second kappa shape index (κ2) is 14.7. The van der Waals surface area contributed by atoms with Gasteiger partial charge in [0.2, 0.25) is 0 Å². The van der Waals surface area contributed by atoms with Gasteiger partial charge in [0, 0.05) is 38.2 Å². The number of fused-ring (bicyclic) bond motifs is 6. The Bertz CT molecular complexity index is 4320. The van der Waals surface area contributed by atoms with Crippen molar-refractivity contribution in [1.82, 2.24) is 19.5 Å². The smallest absolute Gasteiger partial charge is 0.166 e. The van der Waals surface area contributed by atoms with Crippen LogP contribution in [0.15, 0.2) is 223 Å². The number of rotatable bonds is 7. The Balaban J connectivity index is 1.21. The maximum Gasteiger partial charge on any atom is 0.166 e. The van der Waals surface area contributed by atoms with E-state index in [1.165, 1.54) is 4.57 Å². The van der Waals surface area contributed by atoms with Crippen molar-refractivity contribution in [2.45, 2.75) is 0 Å². The van der Waals surface area contributed by atoms with Crippen LogP contribution in [0.3, 0.4) is 0 Å². The zero-order chi connectivity index (χ0) is 51.4. The first-order valence-corrected chi connectivity index (χ1v) is 19.9. The summed E-state index contributed by atoms with van der Waals surface area (Å²) in [7, 11) is 0. The van der Waals surface area contributed by atoms with Crippen LogP contribution in [0.5, 0.6) is 0 Å². The molecule has 0 fully saturated rings. The third-order valence-corrected chi connectivity index (χ3v) is 11.0. The van der Waals surface area contributed by atoms with Gasteiger partial charge in [0.1, 0.15) is 11.2 Å². The minimum atomic E-state index is -0.709. The van der Waals surface area contributed by atoms with Gasteiger partial charge in [-0.05, 0) is 87.9 Å². The molecule has 0 amide bonds. The van der Waals surface area contributed by atoms with E-state index in [4.69, 9.17) is 29.0 Å². The Morgan fingerprint density at radius 1 is 0.371 bits per heavy atom. The number of para-hydroxylation sites is 2. The molecule has 0 aliphatic rings. The van der Waals surface area contributed by atoms with Crippen molar-refractivity contribution in [1.29, 1.82) is 0 Å². The number of furan rings is 1. The fourth-order valence-corrected chi connectivity index (χ4v) is 8.06. The quantitative estimate of drug-likeness (QED) is 0.161. The summed E-state index contributed by atoms with van der Waals surface area (Å²) in [5.41, 5.74) is 5.37. The van der Waals surface area contributed by atoms with Gasteiger partial charge < -0.3 is 8.98 Å². The maximum atomic E-state index is 9.81. The highest BCUT2D eigenvalue weighted by Crippen LogP contribution is 2.41. The van der Waals surface area contributed by atoms with Gasteiger partial charge >= 0.3 is 0 Å². The summed E-state index contributed by atoms with van der Waals surface area (Å²) in [5, 5.41) is 1.41. The second-order valence-electron chi connectivity index (χ2n) is 14.7. The summed E-state index contributed by atoms with van der Waals surface area (Å²) in [6.07, 6.45) is 0. The van der Waals surface area contributed by atoms with E-state index in [0.717, 1.165) is 33.0 Å². The van der Waals surface area contributed by atoms with Crippen LogP contribution in [0.25, 0.3) is 117 Å². The molecule has 0 bridgehead atoms. The monoisotopic (exact) mass is 804 g/mol. The van der Waals surface area contributed by atoms with Crippen LogP contribution in [-0.4, -0.2) is 19.5 Å². The Labute approximate surface area is 374 Å². The van der Waals surface area contributed by atoms with Crippen LogP contribution in [0.1, 0.15) is 16.4 Å². The first-order valence-electron chi connectivity index (χ1n) is 25.9. The number of aromatic nitrogens is 4. The van der Waals surface area contributed by atoms with Crippen molar-refractivity contribution < 1.29 is 20.9 Å². The zero-order valence-corrected chi connectivity index (χ0v) is 32.6. The van der Waals surface area contributed by atoms with Crippen LogP contribution in [0, 0.1) is 0 Å². The Kier molecular flexibility index (Phi) is 5.99. The Hall–Kier alpha value is -8.41. The van der Waals surface area contributed by atoms with Gasteiger partial charge in [-0.1, -0.05) is 164 Å². The standard InChI is InChI=1S/C57H36N4O/c1-4-15-37(16-5-1)40-21-14-22-44(33-40)56-58-55(39-19-8-3-9-20-39)59-57(60-56)49-36-42(43-29-32-54-48(35-43)46-24-11-13-26-53(46)62-54)28-31-52(49)61-50-25-12-10-23-45(50)47-34-41(27-30-51(47)61)38-17-6-2-7-18-38/h1-36H/i2D,6D,7D,10D,12D,17D,18D,23D,25D,27D,30D,34D. The SMILES string of the molecule is [2H]c1c([2H])c([2H])c(-c2c([2H])c([2H])c3c(c2[2H])c2c([2H])c([2H])c([2H])c([2H])c2n3-c2ccc(-c3ccc4oc5ccccc5c4c3)cc2-c2nc(-c3ccccc3)nc(-c3cccc(-c4ccccc4)c3)n2)c([2H])c1[2H]. The Morgan fingerprint density at radius 3 is 1.85 bits per heavy atom. The van der Waals surface area contributed by atoms with E-state index in [1.54, 1.807) is 6.07 Å². The summed E-state index contributed by atoms with van der Waals surface area (Å²) in [6, 6.07) is 38.4. The van der Waals surface area contributed by atoms with Crippen LogP contribution in [-0.2, 0) is 0 Å². The number of hydrogen-bond donors (Lipinski definition) is 0. The predicted octanol–water partition coefficient (Wildman–Crippen LogP) is 14.9. The molecule has 9 aromatic carbocycles. The van der Waals surface area contributed by atoms with Crippen molar-refractivity contribution in [2.75, 3.05) is 0 Å². The van der Waals surface area contributed by atoms with E-state index in [9.17, 15) is 6.85 Å². The minimum absolute atomic E-state index is 0.140. The number of nitrogens with zero attached hydrogens (tertiary/aromatic N) is 4. The second-order valence-corrected chi connectivity index (χ2v) is 14.7. The molecule has 0 aliphatic carbocycles. The molecule has 0 radical (unpaired) electrons.